The molecule has 1 saturated carbocycles. The van der Waals surface area contributed by atoms with Crippen molar-refractivity contribution in [2.75, 3.05) is 36.9 Å². The number of benzene rings is 1. The van der Waals surface area contributed by atoms with Gasteiger partial charge in [0.1, 0.15) is 11.3 Å². The number of carboxylic acid groups (broad SMARTS) is 1. The van der Waals surface area contributed by atoms with Gasteiger partial charge in [0.05, 0.1) is 23.2 Å². The molecular weight excluding hydrogens is 374 g/mol. The third-order valence-corrected chi connectivity index (χ3v) is 5.33. The molecular formula is C18H20F2N4O4. The van der Waals surface area contributed by atoms with Crippen LogP contribution in [0, 0.1) is 11.6 Å². The van der Waals surface area contributed by atoms with Gasteiger partial charge in [0.25, 0.3) is 0 Å². The largest absolute Gasteiger partial charge is 0.477 e. The number of piperazine rings is 1. The molecule has 0 amide bonds. The number of aromatic nitrogens is 1. The van der Waals surface area contributed by atoms with Crippen LogP contribution in [0.1, 0.15) is 29.2 Å². The van der Waals surface area contributed by atoms with Crippen LogP contribution in [0.15, 0.2) is 11.0 Å². The third kappa shape index (κ3) is 2.80. The number of nitrogen functional groups attached to an aromatic ring is 1. The van der Waals surface area contributed by atoms with Crippen molar-refractivity contribution in [3.05, 3.63) is 33.6 Å². The first-order valence-corrected chi connectivity index (χ1v) is 9.02. The maximum atomic E-state index is 15.6. The molecule has 1 aliphatic carbocycles. The molecule has 0 bridgehead atoms. The number of aliphatic hydroxyl groups excluding tert-OH is 1. The highest BCUT2D eigenvalue weighted by atomic mass is 19.1. The molecule has 2 heterocycles. The number of nitrogens with one attached hydrogen (secondary N) is 1. The number of fused-ring (bicyclic) bond motifs is 1. The number of aliphatic hydroxyl groups is 1. The highest BCUT2D eigenvalue weighted by molar-refractivity contribution is 5.99. The Bertz CT molecular complexity index is 1030. The van der Waals surface area contributed by atoms with Gasteiger partial charge in [-0.1, -0.05) is 0 Å². The molecule has 8 nitrogen and oxygen atoms in total. The smallest absolute Gasteiger partial charge is 0.341 e. The Balaban J connectivity index is 2.02. The van der Waals surface area contributed by atoms with Crippen molar-refractivity contribution >= 4 is 28.2 Å². The second kappa shape index (κ2) is 6.71. The Labute approximate surface area is 158 Å². The van der Waals surface area contributed by atoms with Gasteiger partial charge in [-0.05, 0) is 12.8 Å². The van der Waals surface area contributed by atoms with E-state index in [-0.39, 0.29) is 43.0 Å². The minimum absolute atomic E-state index is 0.163. The molecule has 4 rings (SSSR count). The Morgan fingerprint density at radius 1 is 1.32 bits per heavy atom. The number of carboxylic acids is 1. The zero-order chi connectivity index (χ0) is 20.2. The summed E-state index contributed by atoms with van der Waals surface area (Å²) >= 11 is 0. The zero-order valence-corrected chi connectivity index (χ0v) is 14.9. The standard InChI is InChI=1S/C18H20F2N4O4/c19-12-14(21)11-15(13(20)16(12)23-4-3-22-8(5-23)7-25)24(9-1-2-9)6-10(17(11)26)18(27)28/h6,8-9,22,25H,1-5,7,21H2,(H,27,28). The van der Waals surface area contributed by atoms with Gasteiger partial charge < -0.3 is 30.7 Å². The molecule has 1 aromatic carbocycles. The first-order valence-electron chi connectivity index (χ1n) is 9.02. The van der Waals surface area contributed by atoms with Gasteiger partial charge in [0.2, 0.25) is 5.43 Å². The SMILES string of the molecule is Nc1c(F)c(N2CCNC(CO)C2)c(F)c2c1c(=O)c(C(=O)O)cn2C1CC1. The summed E-state index contributed by atoms with van der Waals surface area (Å²) < 4.78 is 32.0. The number of hydrogen-bond acceptors (Lipinski definition) is 6. The average molecular weight is 394 g/mol. The molecule has 0 radical (unpaired) electrons. The molecule has 1 aromatic heterocycles. The lowest BCUT2D eigenvalue weighted by molar-refractivity contribution is 0.0695. The lowest BCUT2D eigenvalue weighted by atomic mass is 10.1. The zero-order valence-electron chi connectivity index (χ0n) is 14.9. The summed E-state index contributed by atoms with van der Waals surface area (Å²) in [5, 5.41) is 21.3. The van der Waals surface area contributed by atoms with E-state index >= 15 is 8.78 Å². The van der Waals surface area contributed by atoms with E-state index in [9.17, 15) is 19.8 Å². The number of rotatable bonds is 4. The van der Waals surface area contributed by atoms with Gasteiger partial charge >= 0.3 is 5.97 Å². The quantitative estimate of drug-likeness (QED) is 0.563. The van der Waals surface area contributed by atoms with E-state index < -0.39 is 39.7 Å². The van der Waals surface area contributed by atoms with Gasteiger partial charge in [-0.15, -0.1) is 0 Å². The summed E-state index contributed by atoms with van der Waals surface area (Å²) in [5.41, 5.74) is 3.21. The highest BCUT2D eigenvalue weighted by Gasteiger charge is 2.33. The summed E-state index contributed by atoms with van der Waals surface area (Å²) in [4.78, 5) is 25.5. The van der Waals surface area contributed by atoms with Gasteiger partial charge in [0.15, 0.2) is 11.6 Å². The lowest BCUT2D eigenvalue weighted by Gasteiger charge is -2.35. The van der Waals surface area contributed by atoms with E-state index in [2.05, 4.69) is 5.32 Å². The van der Waals surface area contributed by atoms with Crippen LogP contribution < -0.4 is 21.4 Å². The van der Waals surface area contributed by atoms with Crippen LogP contribution in [0.3, 0.4) is 0 Å². The minimum atomic E-state index is -1.47. The van der Waals surface area contributed by atoms with Gasteiger partial charge in [-0.2, -0.15) is 0 Å². The second-order valence-electron chi connectivity index (χ2n) is 7.21. The minimum Gasteiger partial charge on any atom is -0.477 e. The van der Waals surface area contributed by atoms with Crippen molar-refractivity contribution in [3.8, 4) is 0 Å². The summed E-state index contributed by atoms with van der Waals surface area (Å²) in [5.74, 6) is -3.51. The summed E-state index contributed by atoms with van der Waals surface area (Å²) in [6, 6.07) is -0.522. The molecule has 5 N–H and O–H groups in total. The first-order chi connectivity index (χ1) is 13.3. The second-order valence-corrected chi connectivity index (χ2v) is 7.21. The maximum absolute atomic E-state index is 15.6. The number of aromatic carboxylic acids is 1. The van der Waals surface area contributed by atoms with Gasteiger partial charge in [-0.25, -0.2) is 13.6 Å². The molecule has 1 unspecified atom stereocenters. The predicted molar refractivity (Wildman–Crippen MR) is 98.9 cm³/mol. The Kier molecular flexibility index (Phi) is 4.47. The molecule has 28 heavy (non-hydrogen) atoms. The van der Waals surface area contributed by atoms with E-state index in [4.69, 9.17) is 5.73 Å². The molecule has 2 aliphatic rings. The molecule has 1 aliphatic heterocycles. The number of pyridine rings is 1. The van der Waals surface area contributed by atoms with Crippen molar-refractivity contribution in [1.29, 1.82) is 0 Å². The monoisotopic (exact) mass is 394 g/mol. The Hall–Kier alpha value is -2.72. The molecule has 2 fully saturated rings. The van der Waals surface area contributed by atoms with Crippen molar-refractivity contribution in [1.82, 2.24) is 9.88 Å². The fourth-order valence-corrected chi connectivity index (χ4v) is 3.77. The van der Waals surface area contributed by atoms with E-state index in [1.54, 1.807) is 0 Å². The molecule has 10 heteroatoms. The Morgan fingerprint density at radius 3 is 2.64 bits per heavy atom. The maximum Gasteiger partial charge on any atom is 0.341 e. The van der Waals surface area contributed by atoms with E-state index in [1.807, 2.05) is 0 Å². The van der Waals surface area contributed by atoms with Crippen molar-refractivity contribution in [3.63, 3.8) is 0 Å². The molecule has 2 aromatic rings. The van der Waals surface area contributed by atoms with Crippen LogP contribution in [-0.4, -0.2) is 53.0 Å². The average Bonchev–Trinajstić information content (AvgIpc) is 3.51. The number of carbonyl (C=O) groups is 1. The fraction of sp³-hybridized carbons (Fsp3) is 0.444. The van der Waals surface area contributed by atoms with Crippen molar-refractivity contribution < 1.29 is 23.8 Å². The normalized spacial score (nSPS) is 20.0. The number of nitrogens with zero attached hydrogens (tertiary/aromatic N) is 2. The Morgan fingerprint density at radius 2 is 2.04 bits per heavy atom. The summed E-state index contributed by atoms with van der Waals surface area (Å²) in [7, 11) is 0. The van der Waals surface area contributed by atoms with Crippen LogP contribution >= 0.6 is 0 Å². The van der Waals surface area contributed by atoms with Crippen LogP contribution in [-0.2, 0) is 0 Å². The third-order valence-electron chi connectivity index (χ3n) is 5.33. The first kappa shape index (κ1) is 18.6. The van der Waals surface area contributed by atoms with Crippen molar-refractivity contribution in [2.45, 2.75) is 24.9 Å². The number of hydrogen-bond donors (Lipinski definition) is 4. The van der Waals surface area contributed by atoms with Gasteiger partial charge in [-0.3, -0.25) is 4.79 Å². The van der Waals surface area contributed by atoms with Crippen LogP contribution in [0.2, 0.25) is 0 Å². The number of anilines is 2. The molecule has 1 atom stereocenters. The predicted octanol–water partition coefficient (Wildman–Crippen LogP) is 0.665. The topological polar surface area (TPSA) is 121 Å². The van der Waals surface area contributed by atoms with Crippen LogP contribution in [0.4, 0.5) is 20.2 Å². The van der Waals surface area contributed by atoms with E-state index in [0.717, 1.165) is 6.20 Å². The van der Waals surface area contributed by atoms with E-state index in [0.29, 0.717) is 19.4 Å². The summed E-state index contributed by atoms with van der Waals surface area (Å²) in [6.07, 6.45) is 2.51. The van der Waals surface area contributed by atoms with Gasteiger partial charge in [0, 0.05) is 37.9 Å². The van der Waals surface area contributed by atoms with E-state index in [1.165, 1.54) is 9.47 Å². The summed E-state index contributed by atoms with van der Waals surface area (Å²) in [6.45, 7) is 0.666. The highest BCUT2D eigenvalue weighted by Crippen LogP contribution is 2.41. The van der Waals surface area contributed by atoms with Crippen molar-refractivity contribution in [2.24, 2.45) is 0 Å². The molecule has 1 saturated heterocycles. The van der Waals surface area contributed by atoms with Crippen LogP contribution in [0.5, 0.6) is 0 Å². The number of halogens is 2. The molecule has 0 spiro atoms. The number of nitrogens with two attached hydrogens (primary N) is 1. The van der Waals surface area contributed by atoms with Crippen LogP contribution in [0.25, 0.3) is 10.9 Å². The molecule has 150 valence electrons. The lowest BCUT2D eigenvalue weighted by Crippen LogP contribution is -2.52. The fourth-order valence-electron chi connectivity index (χ4n) is 3.77.